The second kappa shape index (κ2) is 7.79. The minimum Gasteiger partial charge on any atom is -0.497 e. The van der Waals surface area contributed by atoms with E-state index in [-0.39, 0.29) is 11.9 Å². The molecule has 0 bridgehead atoms. The molecule has 0 aliphatic carbocycles. The topological polar surface area (TPSA) is 41.6 Å². The first kappa shape index (κ1) is 15.5. The van der Waals surface area contributed by atoms with Crippen LogP contribution in [0.25, 0.3) is 0 Å². The Morgan fingerprint density at radius 1 is 1.47 bits per heavy atom. The summed E-state index contributed by atoms with van der Waals surface area (Å²) in [4.78, 5) is 13.9. The summed E-state index contributed by atoms with van der Waals surface area (Å²) < 4.78 is 5.20. The van der Waals surface area contributed by atoms with Crippen molar-refractivity contribution in [2.45, 2.75) is 32.9 Å². The number of carbonyl (C=O) groups is 1. The zero-order chi connectivity index (χ0) is 14.3. The Morgan fingerprint density at radius 3 is 2.84 bits per heavy atom. The summed E-state index contributed by atoms with van der Waals surface area (Å²) in [6.45, 7) is 5.42. The smallest absolute Gasteiger partial charge is 0.237 e. The molecule has 0 aliphatic heterocycles. The summed E-state index contributed by atoms with van der Waals surface area (Å²) in [5, 5.41) is 2.92. The Bertz CT molecular complexity index is 407. The molecule has 106 valence electrons. The van der Waals surface area contributed by atoms with Crippen LogP contribution in [0.5, 0.6) is 5.75 Å². The van der Waals surface area contributed by atoms with E-state index in [2.05, 4.69) is 5.32 Å². The van der Waals surface area contributed by atoms with Gasteiger partial charge in [-0.3, -0.25) is 9.69 Å². The molecule has 0 saturated heterocycles. The van der Waals surface area contributed by atoms with Crippen LogP contribution in [-0.4, -0.2) is 37.6 Å². The van der Waals surface area contributed by atoms with Crippen LogP contribution < -0.4 is 10.1 Å². The molecule has 4 heteroatoms. The van der Waals surface area contributed by atoms with Gasteiger partial charge < -0.3 is 10.1 Å². The van der Waals surface area contributed by atoms with Gasteiger partial charge in [-0.15, -0.1) is 0 Å². The molecule has 19 heavy (non-hydrogen) atoms. The lowest BCUT2D eigenvalue weighted by Crippen LogP contribution is -2.43. The lowest BCUT2D eigenvalue weighted by atomic mass is 10.1. The fraction of sp³-hybridized carbons (Fsp3) is 0.533. The zero-order valence-corrected chi connectivity index (χ0v) is 12.3. The van der Waals surface area contributed by atoms with Gasteiger partial charge in [0.1, 0.15) is 5.75 Å². The van der Waals surface area contributed by atoms with E-state index in [0.717, 1.165) is 30.8 Å². The summed E-state index contributed by atoms with van der Waals surface area (Å²) in [6.07, 6.45) is 0.956. The van der Waals surface area contributed by atoms with Gasteiger partial charge in [0.25, 0.3) is 0 Å². The molecule has 0 saturated carbocycles. The number of hydrogen-bond donors (Lipinski definition) is 1. The first-order valence-corrected chi connectivity index (χ1v) is 6.69. The quantitative estimate of drug-likeness (QED) is 0.819. The average Bonchev–Trinajstić information content (AvgIpc) is 2.43. The van der Waals surface area contributed by atoms with Gasteiger partial charge >= 0.3 is 0 Å². The Hall–Kier alpha value is -1.55. The number of nitrogens with one attached hydrogen (secondary N) is 1. The SMILES string of the molecule is CCCNC(=O)C(C)N(C)Cc1cccc(OC)c1. The van der Waals surface area contributed by atoms with Gasteiger partial charge in [0.15, 0.2) is 0 Å². The van der Waals surface area contributed by atoms with Crippen LogP contribution in [0.3, 0.4) is 0 Å². The van der Waals surface area contributed by atoms with Crippen LogP contribution in [0.1, 0.15) is 25.8 Å². The molecule has 0 aliphatic rings. The molecule has 0 fully saturated rings. The van der Waals surface area contributed by atoms with E-state index in [4.69, 9.17) is 4.74 Å². The molecule has 1 atom stereocenters. The third-order valence-electron chi connectivity index (χ3n) is 3.16. The molecule has 1 amide bonds. The summed E-state index contributed by atoms with van der Waals surface area (Å²) in [7, 11) is 3.61. The number of ether oxygens (including phenoxy) is 1. The number of likely N-dealkylation sites (N-methyl/N-ethyl adjacent to an activating group) is 1. The number of carbonyl (C=O) groups excluding carboxylic acids is 1. The number of methoxy groups -OCH3 is 1. The summed E-state index contributed by atoms with van der Waals surface area (Å²) in [5.41, 5.74) is 1.14. The first-order valence-electron chi connectivity index (χ1n) is 6.69. The third kappa shape index (κ3) is 4.91. The van der Waals surface area contributed by atoms with E-state index in [1.54, 1.807) is 7.11 Å². The van der Waals surface area contributed by atoms with Gasteiger partial charge in [0.05, 0.1) is 13.2 Å². The maximum atomic E-state index is 11.9. The molecule has 0 aromatic heterocycles. The highest BCUT2D eigenvalue weighted by atomic mass is 16.5. The second-order valence-corrected chi connectivity index (χ2v) is 4.73. The van der Waals surface area contributed by atoms with Gasteiger partial charge in [-0.05, 0) is 38.1 Å². The molecular formula is C15H24N2O2. The van der Waals surface area contributed by atoms with E-state index in [9.17, 15) is 4.79 Å². The van der Waals surface area contributed by atoms with Gasteiger partial charge in [-0.25, -0.2) is 0 Å². The lowest BCUT2D eigenvalue weighted by molar-refractivity contribution is -0.125. The van der Waals surface area contributed by atoms with Crippen molar-refractivity contribution in [2.24, 2.45) is 0 Å². The standard InChI is InChI=1S/C15H24N2O2/c1-5-9-16-15(18)12(2)17(3)11-13-7-6-8-14(10-13)19-4/h6-8,10,12H,5,9,11H2,1-4H3,(H,16,18). The van der Waals surface area contributed by atoms with Crippen LogP contribution in [0, 0.1) is 0 Å². The molecule has 0 heterocycles. The van der Waals surface area contributed by atoms with E-state index >= 15 is 0 Å². The van der Waals surface area contributed by atoms with Crippen molar-refractivity contribution in [3.8, 4) is 5.75 Å². The molecule has 0 spiro atoms. The highest BCUT2D eigenvalue weighted by Crippen LogP contribution is 2.14. The van der Waals surface area contributed by atoms with Crippen molar-refractivity contribution in [1.82, 2.24) is 10.2 Å². The van der Waals surface area contributed by atoms with Crippen molar-refractivity contribution >= 4 is 5.91 Å². The van der Waals surface area contributed by atoms with Crippen LogP contribution in [-0.2, 0) is 11.3 Å². The second-order valence-electron chi connectivity index (χ2n) is 4.73. The van der Waals surface area contributed by atoms with Crippen LogP contribution in [0.4, 0.5) is 0 Å². The molecule has 0 radical (unpaired) electrons. The van der Waals surface area contributed by atoms with Gasteiger partial charge in [-0.2, -0.15) is 0 Å². The number of rotatable bonds is 7. The van der Waals surface area contributed by atoms with Crippen molar-refractivity contribution in [2.75, 3.05) is 20.7 Å². The fourth-order valence-corrected chi connectivity index (χ4v) is 1.79. The fourth-order valence-electron chi connectivity index (χ4n) is 1.79. The monoisotopic (exact) mass is 264 g/mol. The van der Waals surface area contributed by atoms with Gasteiger partial charge in [-0.1, -0.05) is 19.1 Å². The highest BCUT2D eigenvalue weighted by Gasteiger charge is 2.17. The van der Waals surface area contributed by atoms with E-state index in [0.29, 0.717) is 0 Å². The molecule has 1 aromatic rings. The van der Waals surface area contributed by atoms with Crippen molar-refractivity contribution in [1.29, 1.82) is 0 Å². The lowest BCUT2D eigenvalue weighted by Gasteiger charge is -2.24. The summed E-state index contributed by atoms with van der Waals surface area (Å²) >= 11 is 0. The first-order chi connectivity index (χ1) is 9.08. The maximum absolute atomic E-state index is 11.9. The maximum Gasteiger partial charge on any atom is 0.237 e. The van der Waals surface area contributed by atoms with Crippen molar-refractivity contribution < 1.29 is 9.53 Å². The number of benzene rings is 1. The predicted octanol–water partition coefficient (Wildman–Crippen LogP) is 2.04. The zero-order valence-electron chi connectivity index (χ0n) is 12.3. The normalized spacial score (nSPS) is 12.3. The molecule has 1 aromatic carbocycles. The number of amides is 1. The highest BCUT2D eigenvalue weighted by molar-refractivity contribution is 5.81. The number of nitrogens with zero attached hydrogens (tertiary/aromatic N) is 1. The van der Waals surface area contributed by atoms with E-state index < -0.39 is 0 Å². The predicted molar refractivity (Wildman–Crippen MR) is 77.2 cm³/mol. The van der Waals surface area contributed by atoms with Crippen molar-refractivity contribution in [3.05, 3.63) is 29.8 Å². The van der Waals surface area contributed by atoms with E-state index in [1.165, 1.54) is 0 Å². The average molecular weight is 264 g/mol. The van der Waals surface area contributed by atoms with Gasteiger partial charge in [0.2, 0.25) is 5.91 Å². The van der Waals surface area contributed by atoms with Crippen LogP contribution >= 0.6 is 0 Å². The molecular weight excluding hydrogens is 240 g/mol. The van der Waals surface area contributed by atoms with Gasteiger partial charge in [0, 0.05) is 13.1 Å². The Balaban J connectivity index is 2.57. The van der Waals surface area contributed by atoms with E-state index in [1.807, 2.05) is 50.1 Å². The number of hydrogen-bond acceptors (Lipinski definition) is 3. The minimum absolute atomic E-state index is 0.0762. The molecule has 4 nitrogen and oxygen atoms in total. The molecule has 1 unspecified atom stereocenters. The van der Waals surface area contributed by atoms with Crippen molar-refractivity contribution in [3.63, 3.8) is 0 Å². The Kier molecular flexibility index (Phi) is 6.36. The summed E-state index contributed by atoms with van der Waals surface area (Å²) in [6, 6.07) is 7.77. The molecule has 1 N–H and O–H groups in total. The van der Waals surface area contributed by atoms with Crippen LogP contribution in [0.2, 0.25) is 0 Å². The van der Waals surface area contributed by atoms with Crippen LogP contribution in [0.15, 0.2) is 24.3 Å². The minimum atomic E-state index is -0.141. The summed E-state index contributed by atoms with van der Waals surface area (Å²) in [5.74, 6) is 0.918. The Labute approximate surface area is 115 Å². The largest absolute Gasteiger partial charge is 0.497 e. The molecule has 1 rings (SSSR count). The Morgan fingerprint density at radius 2 is 2.21 bits per heavy atom. The third-order valence-corrected chi connectivity index (χ3v) is 3.16.